The number of carbonyl (C=O) groups excluding carboxylic acids is 1. The van der Waals surface area contributed by atoms with E-state index < -0.39 is 0 Å². The van der Waals surface area contributed by atoms with Crippen molar-refractivity contribution in [1.82, 2.24) is 15.0 Å². The third-order valence-corrected chi connectivity index (χ3v) is 7.73. The van der Waals surface area contributed by atoms with Crippen molar-refractivity contribution in [3.63, 3.8) is 0 Å². The number of hydrogen-bond donors (Lipinski definition) is 1. The van der Waals surface area contributed by atoms with Crippen molar-refractivity contribution in [3.8, 4) is 0 Å². The molecule has 7 nitrogen and oxygen atoms in total. The van der Waals surface area contributed by atoms with Crippen LogP contribution in [0.4, 0.5) is 15.9 Å². The van der Waals surface area contributed by atoms with Gasteiger partial charge < -0.3 is 19.6 Å². The summed E-state index contributed by atoms with van der Waals surface area (Å²) >= 11 is 12.6. The molecule has 0 radical (unpaired) electrons. The van der Waals surface area contributed by atoms with Crippen LogP contribution in [-0.2, 0) is 6.54 Å². The van der Waals surface area contributed by atoms with Gasteiger partial charge in [-0.1, -0.05) is 28.4 Å². The number of hydrogen-bond acceptors (Lipinski definition) is 6. The van der Waals surface area contributed by atoms with Crippen molar-refractivity contribution >= 4 is 51.6 Å². The number of anilines is 2. The Balaban J connectivity index is 1.17. The van der Waals surface area contributed by atoms with Crippen LogP contribution in [0.1, 0.15) is 40.4 Å². The molecule has 190 valence electrons. The zero-order chi connectivity index (χ0) is 25.5. The summed E-state index contributed by atoms with van der Waals surface area (Å²) in [4.78, 5) is 22.0. The number of benzene rings is 2. The van der Waals surface area contributed by atoms with Crippen molar-refractivity contribution in [2.45, 2.75) is 25.3 Å². The number of halogens is 3. The molecule has 0 aliphatic carbocycles. The highest BCUT2D eigenvalue weighted by molar-refractivity contribution is 6.33. The van der Waals surface area contributed by atoms with E-state index in [0.29, 0.717) is 40.8 Å². The van der Waals surface area contributed by atoms with Gasteiger partial charge in [0.05, 0.1) is 16.9 Å². The predicted molar refractivity (Wildman–Crippen MR) is 142 cm³/mol. The van der Waals surface area contributed by atoms with Gasteiger partial charge in [0.2, 0.25) is 0 Å². The topological polar surface area (TPSA) is 74.5 Å². The predicted octanol–water partition coefficient (Wildman–Crippen LogP) is 6.12. The second-order valence-corrected chi connectivity index (χ2v) is 10.3. The van der Waals surface area contributed by atoms with Crippen molar-refractivity contribution in [2.75, 3.05) is 36.4 Å². The van der Waals surface area contributed by atoms with Crippen molar-refractivity contribution in [1.29, 1.82) is 0 Å². The van der Waals surface area contributed by atoms with Crippen LogP contribution in [0.3, 0.4) is 0 Å². The second kappa shape index (κ2) is 9.84. The number of pyridine rings is 1. The minimum Gasteiger partial charge on any atom is -0.367 e. The molecule has 2 aliphatic heterocycles. The second-order valence-electron chi connectivity index (χ2n) is 9.45. The smallest absolute Gasteiger partial charge is 0.255 e. The molecule has 0 bridgehead atoms. The quantitative estimate of drug-likeness (QED) is 0.336. The van der Waals surface area contributed by atoms with E-state index in [4.69, 9.17) is 27.7 Å². The molecule has 4 aromatic rings. The van der Waals surface area contributed by atoms with E-state index in [0.717, 1.165) is 54.1 Å². The third-order valence-electron chi connectivity index (χ3n) is 7.13. The maximum atomic E-state index is 13.5. The Morgan fingerprint density at radius 2 is 1.95 bits per heavy atom. The number of rotatable bonds is 4. The van der Waals surface area contributed by atoms with Gasteiger partial charge in [-0.15, -0.1) is 0 Å². The first kappa shape index (κ1) is 24.0. The molecule has 1 fully saturated rings. The standard InChI is InChI=1S/C27H24Cl2FN5O2/c28-19-1-4-22(29)18(11-19)15-35-10-7-31-26-23(35)12-17(14-32-26)27(36)34-8-5-16(6-9-34)25-21-3-2-20(30)13-24(21)37-33-25/h1-4,11-14,16H,5-10,15H2,(H,31,32). The highest BCUT2D eigenvalue weighted by Crippen LogP contribution is 2.35. The van der Waals surface area contributed by atoms with Gasteiger partial charge in [-0.25, -0.2) is 9.37 Å². The normalized spacial score (nSPS) is 16.1. The number of aromatic nitrogens is 2. The Kier molecular flexibility index (Phi) is 6.38. The van der Waals surface area contributed by atoms with Crippen LogP contribution in [0.15, 0.2) is 53.2 Å². The highest BCUT2D eigenvalue weighted by atomic mass is 35.5. The fourth-order valence-corrected chi connectivity index (χ4v) is 5.55. The lowest BCUT2D eigenvalue weighted by Gasteiger charge is -2.33. The lowest BCUT2D eigenvalue weighted by molar-refractivity contribution is 0.0711. The molecule has 0 saturated carbocycles. The number of amides is 1. The van der Waals surface area contributed by atoms with E-state index in [-0.39, 0.29) is 17.6 Å². The van der Waals surface area contributed by atoms with E-state index in [9.17, 15) is 9.18 Å². The molecule has 10 heteroatoms. The van der Waals surface area contributed by atoms with Crippen LogP contribution in [0, 0.1) is 5.82 Å². The van der Waals surface area contributed by atoms with Gasteiger partial charge in [0, 0.05) is 66.3 Å². The van der Waals surface area contributed by atoms with Gasteiger partial charge in [-0.05, 0) is 54.8 Å². The molecule has 6 rings (SSSR count). The number of carbonyl (C=O) groups is 1. The summed E-state index contributed by atoms with van der Waals surface area (Å²) in [5.74, 6) is 0.499. The maximum absolute atomic E-state index is 13.5. The van der Waals surface area contributed by atoms with Crippen LogP contribution in [0.5, 0.6) is 0 Å². The Bertz CT molecular complexity index is 1490. The van der Waals surface area contributed by atoms with Gasteiger partial charge in [0.1, 0.15) is 11.6 Å². The van der Waals surface area contributed by atoms with Gasteiger partial charge in [-0.2, -0.15) is 0 Å². The van der Waals surface area contributed by atoms with Crippen LogP contribution < -0.4 is 10.2 Å². The molecule has 0 unspecified atom stereocenters. The van der Waals surface area contributed by atoms with Crippen molar-refractivity contribution in [3.05, 3.63) is 81.3 Å². The molecule has 1 N–H and O–H groups in total. The summed E-state index contributed by atoms with van der Waals surface area (Å²) in [6, 6.07) is 11.8. The van der Waals surface area contributed by atoms with Gasteiger partial charge >= 0.3 is 0 Å². The molecular weight excluding hydrogens is 516 g/mol. The van der Waals surface area contributed by atoms with Gasteiger partial charge in [0.25, 0.3) is 5.91 Å². The van der Waals surface area contributed by atoms with E-state index in [2.05, 4.69) is 20.4 Å². The molecule has 1 amide bonds. The Morgan fingerprint density at radius 3 is 2.78 bits per heavy atom. The Labute approximate surface area is 223 Å². The van der Waals surface area contributed by atoms with Gasteiger partial charge in [0.15, 0.2) is 5.58 Å². The van der Waals surface area contributed by atoms with Crippen LogP contribution in [0.2, 0.25) is 10.0 Å². The zero-order valence-corrected chi connectivity index (χ0v) is 21.4. The summed E-state index contributed by atoms with van der Waals surface area (Å²) in [6.07, 6.45) is 3.14. The molecule has 0 atom stereocenters. The highest BCUT2D eigenvalue weighted by Gasteiger charge is 2.29. The fraction of sp³-hybridized carbons (Fsp3) is 0.296. The zero-order valence-electron chi connectivity index (χ0n) is 19.9. The summed E-state index contributed by atoms with van der Waals surface area (Å²) in [5.41, 5.74) is 3.61. The third kappa shape index (κ3) is 4.71. The van der Waals surface area contributed by atoms with E-state index in [1.807, 2.05) is 17.0 Å². The number of likely N-dealkylation sites (tertiary alicyclic amines) is 1. The lowest BCUT2D eigenvalue weighted by atomic mass is 9.91. The number of nitrogens with one attached hydrogen (secondary N) is 1. The first-order valence-corrected chi connectivity index (χ1v) is 13.0. The fourth-order valence-electron chi connectivity index (χ4n) is 5.18. The summed E-state index contributed by atoms with van der Waals surface area (Å²) in [7, 11) is 0. The average molecular weight is 540 g/mol. The Morgan fingerprint density at radius 1 is 1.11 bits per heavy atom. The van der Waals surface area contributed by atoms with Crippen molar-refractivity contribution < 1.29 is 13.7 Å². The SMILES string of the molecule is O=C(c1cnc2c(c1)N(Cc1cc(Cl)ccc1Cl)CCN2)N1CCC(c2noc3cc(F)ccc23)CC1. The molecule has 4 heterocycles. The minimum absolute atomic E-state index is 0.0489. The molecule has 2 aromatic heterocycles. The summed E-state index contributed by atoms with van der Waals surface area (Å²) in [6.45, 7) is 3.24. The van der Waals surface area contributed by atoms with Crippen LogP contribution in [0.25, 0.3) is 11.0 Å². The van der Waals surface area contributed by atoms with Crippen molar-refractivity contribution in [2.24, 2.45) is 0 Å². The van der Waals surface area contributed by atoms with Gasteiger partial charge in [-0.3, -0.25) is 4.79 Å². The van der Waals surface area contributed by atoms with E-state index in [1.54, 1.807) is 24.4 Å². The number of fused-ring (bicyclic) bond motifs is 2. The summed E-state index contributed by atoms with van der Waals surface area (Å²) in [5, 5.41) is 9.63. The largest absolute Gasteiger partial charge is 0.367 e. The molecular formula is C27H24Cl2FN5O2. The molecule has 2 aliphatic rings. The summed E-state index contributed by atoms with van der Waals surface area (Å²) < 4.78 is 18.8. The Hall–Kier alpha value is -3.36. The molecule has 1 saturated heterocycles. The number of nitrogens with zero attached hydrogens (tertiary/aromatic N) is 4. The monoisotopic (exact) mass is 539 g/mol. The lowest BCUT2D eigenvalue weighted by Crippen LogP contribution is -2.38. The van der Waals surface area contributed by atoms with Crippen LogP contribution >= 0.6 is 23.2 Å². The van der Waals surface area contributed by atoms with E-state index >= 15 is 0 Å². The van der Waals surface area contributed by atoms with E-state index in [1.165, 1.54) is 12.1 Å². The number of piperidine rings is 1. The van der Waals surface area contributed by atoms with Crippen LogP contribution in [-0.4, -0.2) is 47.1 Å². The first-order chi connectivity index (χ1) is 18.0. The average Bonchev–Trinajstić information content (AvgIpc) is 3.33. The molecule has 2 aromatic carbocycles. The first-order valence-electron chi connectivity index (χ1n) is 12.2. The molecule has 0 spiro atoms. The minimum atomic E-state index is -0.348. The molecule has 37 heavy (non-hydrogen) atoms. The maximum Gasteiger partial charge on any atom is 0.255 e.